The zero-order valence-electron chi connectivity index (χ0n) is 9.93. The van der Waals surface area contributed by atoms with E-state index in [0.717, 1.165) is 5.56 Å². The number of carbonyl (C=O) groups excluding carboxylic acids is 1. The summed E-state index contributed by atoms with van der Waals surface area (Å²) in [4.78, 5) is 28.9. The molecule has 0 aliphatic rings. The number of amides is 1. The fraction of sp³-hybridized carbons (Fsp3) is 0.154. The highest BCUT2D eigenvalue weighted by Crippen LogP contribution is 2.02. The van der Waals surface area contributed by atoms with Gasteiger partial charge in [0.25, 0.3) is 11.5 Å². The summed E-state index contributed by atoms with van der Waals surface area (Å²) in [5.41, 5.74) is 1.94. The Hall–Kier alpha value is -2.43. The number of rotatable bonds is 3. The van der Waals surface area contributed by atoms with Gasteiger partial charge in [-0.25, -0.2) is 4.98 Å². The van der Waals surface area contributed by atoms with Crippen molar-refractivity contribution in [2.75, 3.05) is 0 Å². The van der Waals surface area contributed by atoms with Crippen LogP contribution in [0.2, 0.25) is 0 Å². The van der Waals surface area contributed by atoms with Gasteiger partial charge in [-0.15, -0.1) is 0 Å². The maximum absolute atomic E-state index is 11.7. The summed E-state index contributed by atoms with van der Waals surface area (Å²) in [5, 5.41) is 2.71. The predicted molar refractivity (Wildman–Crippen MR) is 67.2 cm³/mol. The molecule has 18 heavy (non-hydrogen) atoms. The summed E-state index contributed by atoms with van der Waals surface area (Å²) in [6, 6.07) is 9.02. The molecule has 1 aromatic carbocycles. The van der Waals surface area contributed by atoms with Crippen molar-refractivity contribution < 1.29 is 4.79 Å². The number of hydrogen-bond donors (Lipinski definition) is 2. The van der Waals surface area contributed by atoms with Crippen molar-refractivity contribution in [3.05, 3.63) is 63.8 Å². The van der Waals surface area contributed by atoms with Gasteiger partial charge in [0.2, 0.25) is 0 Å². The molecule has 0 aliphatic carbocycles. The summed E-state index contributed by atoms with van der Waals surface area (Å²) in [5.74, 6) is -0.360. The molecule has 0 saturated heterocycles. The van der Waals surface area contributed by atoms with Gasteiger partial charge in [0.1, 0.15) is 5.69 Å². The average Bonchev–Trinajstić information content (AvgIpc) is 2.38. The number of aryl methyl sites for hydroxylation is 1. The molecule has 0 atom stereocenters. The monoisotopic (exact) mass is 243 g/mol. The summed E-state index contributed by atoms with van der Waals surface area (Å²) < 4.78 is 0. The highest BCUT2D eigenvalue weighted by Gasteiger charge is 2.06. The van der Waals surface area contributed by atoms with Crippen molar-refractivity contribution in [2.45, 2.75) is 13.5 Å². The molecule has 0 unspecified atom stereocenters. The van der Waals surface area contributed by atoms with Gasteiger partial charge in [0.15, 0.2) is 0 Å². The van der Waals surface area contributed by atoms with Crippen molar-refractivity contribution >= 4 is 5.91 Å². The van der Waals surface area contributed by atoms with E-state index in [-0.39, 0.29) is 17.2 Å². The van der Waals surface area contributed by atoms with Gasteiger partial charge in [0.05, 0.1) is 6.33 Å². The third-order valence-electron chi connectivity index (χ3n) is 2.48. The third-order valence-corrected chi connectivity index (χ3v) is 2.48. The molecule has 1 heterocycles. The first-order valence-electron chi connectivity index (χ1n) is 5.53. The molecule has 92 valence electrons. The number of aromatic nitrogens is 2. The van der Waals surface area contributed by atoms with Crippen LogP contribution in [0.3, 0.4) is 0 Å². The molecule has 0 fully saturated rings. The van der Waals surface area contributed by atoms with E-state index in [1.807, 2.05) is 31.2 Å². The molecule has 0 spiro atoms. The van der Waals surface area contributed by atoms with Crippen molar-refractivity contribution in [1.29, 1.82) is 0 Å². The number of nitrogens with one attached hydrogen (secondary N) is 2. The maximum Gasteiger partial charge on any atom is 0.270 e. The van der Waals surface area contributed by atoms with E-state index in [9.17, 15) is 9.59 Å². The summed E-state index contributed by atoms with van der Waals surface area (Å²) in [6.45, 7) is 2.41. The number of carbonyl (C=O) groups is 1. The first kappa shape index (κ1) is 12.0. The number of H-pyrrole nitrogens is 1. The fourth-order valence-electron chi connectivity index (χ4n) is 1.47. The lowest BCUT2D eigenvalue weighted by Crippen LogP contribution is -2.25. The Balaban J connectivity index is 2.00. The van der Waals surface area contributed by atoms with Crippen LogP contribution >= 0.6 is 0 Å². The minimum Gasteiger partial charge on any atom is -0.347 e. The molecular weight excluding hydrogens is 230 g/mol. The molecular formula is C13H13N3O2. The topological polar surface area (TPSA) is 74.8 Å². The smallest absolute Gasteiger partial charge is 0.270 e. The summed E-state index contributed by atoms with van der Waals surface area (Å²) >= 11 is 0. The Morgan fingerprint density at radius 2 is 2.06 bits per heavy atom. The van der Waals surface area contributed by atoms with Crippen LogP contribution in [0.1, 0.15) is 21.6 Å². The van der Waals surface area contributed by atoms with Gasteiger partial charge in [-0.1, -0.05) is 29.8 Å². The fourth-order valence-corrected chi connectivity index (χ4v) is 1.47. The molecule has 5 heteroatoms. The molecule has 2 N–H and O–H groups in total. The van der Waals surface area contributed by atoms with E-state index < -0.39 is 0 Å². The molecule has 0 radical (unpaired) electrons. The van der Waals surface area contributed by atoms with Gasteiger partial charge in [0, 0.05) is 12.6 Å². The SMILES string of the molecule is Cc1ccc(CNC(=O)c2cc(=O)[nH]cn2)cc1. The van der Waals surface area contributed by atoms with E-state index in [2.05, 4.69) is 15.3 Å². The number of benzene rings is 1. The van der Waals surface area contributed by atoms with Crippen LogP contribution in [-0.4, -0.2) is 15.9 Å². The van der Waals surface area contributed by atoms with E-state index in [4.69, 9.17) is 0 Å². The van der Waals surface area contributed by atoms with Crippen LogP contribution < -0.4 is 10.9 Å². The average molecular weight is 243 g/mol. The predicted octanol–water partition coefficient (Wildman–Crippen LogP) is 1.01. The van der Waals surface area contributed by atoms with Gasteiger partial charge in [-0.3, -0.25) is 9.59 Å². The van der Waals surface area contributed by atoms with E-state index in [0.29, 0.717) is 6.54 Å². The molecule has 1 amide bonds. The molecule has 0 bridgehead atoms. The lowest BCUT2D eigenvalue weighted by Gasteiger charge is -2.04. The lowest BCUT2D eigenvalue weighted by atomic mass is 10.1. The van der Waals surface area contributed by atoms with Crippen LogP contribution in [0.25, 0.3) is 0 Å². The Labute approximate surface area is 104 Å². The minimum atomic E-state index is -0.360. The molecule has 1 aromatic heterocycles. The zero-order chi connectivity index (χ0) is 13.0. The first-order valence-corrected chi connectivity index (χ1v) is 5.53. The third kappa shape index (κ3) is 3.04. The second-order valence-electron chi connectivity index (χ2n) is 3.96. The Morgan fingerprint density at radius 3 is 2.72 bits per heavy atom. The largest absolute Gasteiger partial charge is 0.347 e. The van der Waals surface area contributed by atoms with Crippen LogP contribution in [0.4, 0.5) is 0 Å². The van der Waals surface area contributed by atoms with Crippen molar-refractivity contribution in [1.82, 2.24) is 15.3 Å². The van der Waals surface area contributed by atoms with Crippen LogP contribution in [0.15, 0.2) is 41.5 Å². The Morgan fingerprint density at radius 1 is 1.33 bits per heavy atom. The zero-order valence-corrected chi connectivity index (χ0v) is 9.93. The van der Waals surface area contributed by atoms with E-state index in [1.54, 1.807) is 0 Å². The molecule has 2 aromatic rings. The summed E-state index contributed by atoms with van der Waals surface area (Å²) in [6.07, 6.45) is 1.21. The van der Waals surface area contributed by atoms with Gasteiger partial charge >= 0.3 is 0 Å². The number of nitrogens with zero attached hydrogens (tertiary/aromatic N) is 1. The quantitative estimate of drug-likeness (QED) is 0.844. The minimum absolute atomic E-state index is 0.117. The van der Waals surface area contributed by atoms with Gasteiger partial charge < -0.3 is 10.3 Å². The second kappa shape index (κ2) is 5.27. The Kier molecular flexibility index (Phi) is 3.52. The van der Waals surface area contributed by atoms with Crippen molar-refractivity contribution in [2.24, 2.45) is 0 Å². The van der Waals surface area contributed by atoms with Crippen molar-refractivity contribution in [3.63, 3.8) is 0 Å². The van der Waals surface area contributed by atoms with Crippen LogP contribution in [0, 0.1) is 6.92 Å². The van der Waals surface area contributed by atoms with Gasteiger partial charge in [-0.2, -0.15) is 0 Å². The molecule has 0 saturated carbocycles. The van der Waals surface area contributed by atoms with Crippen LogP contribution in [0.5, 0.6) is 0 Å². The van der Waals surface area contributed by atoms with E-state index in [1.165, 1.54) is 18.0 Å². The second-order valence-corrected chi connectivity index (χ2v) is 3.96. The maximum atomic E-state index is 11.7. The lowest BCUT2D eigenvalue weighted by molar-refractivity contribution is 0.0945. The number of aromatic amines is 1. The van der Waals surface area contributed by atoms with Crippen molar-refractivity contribution in [3.8, 4) is 0 Å². The standard InChI is InChI=1S/C13H13N3O2/c1-9-2-4-10(5-3-9)7-14-13(18)11-6-12(17)16-8-15-11/h2-6,8H,7H2,1H3,(H,14,18)(H,15,16,17). The molecule has 2 rings (SSSR count). The Bertz CT molecular complexity index is 602. The highest BCUT2D eigenvalue weighted by atomic mass is 16.2. The van der Waals surface area contributed by atoms with Gasteiger partial charge in [-0.05, 0) is 12.5 Å². The normalized spacial score (nSPS) is 10.1. The summed E-state index contributed by atoms with van der Waals surface area (Å²) in [7, 11) is 0. The molecule has 0 aliphatic heterocycles. The van der Waals surface area contributed by atoms with E-state index >= 15 is 0 Å². The highest BCUT2D eigenvalue weighted by molar-refractivity contribution is 5.91. The molecule has 5 nitrogen and oxygen atoms in total. The first-order chi connectivity index (χ1) is 8.65. The number of hydrogen-bond acceptors (Lipinski definition) is 3. The van der Waals surface area contributed by atoms with Crippen LogP contribution in [-0.2, 0) is 6.54 Å².